The van der Waals surface area contributed by atoms with Gasteiger partial charge in [-0.3, -0.25) is 14.4 Å². The Morgan fingerprint density at radius 2 is 0.538 bits per heavy atom. The van der Waals surface area contributed by atoms with Gasteiger partial charge in [0.2, 0.25) is 0 Å². The molecule has 0 rings (SSSR count). The summed E-state index contributed by atoms with van der Waals surface area (Å²) >= 11 is 0. The highest BCUT2D eigenvalue weighted by molar-refractivity contribution is 5.71. The smallest absolute Gasteiger partial charge is 0.306 e. The molecule has 0 saturated carbocycles. The lowest BCUT2D eigenvalue weighted by Gasteiger charge is -2.18. The van der Waals surface area contributed by atoms with Crippen molar-refractivity contribution < 1.29 is 28.6 Å². The van der Waals surface area contributed by atoms with Gasteiger partial charge in [0.15, 0.2) is 6.10 Å². The monoisotopic (exact) mass is 919 g/mol. The van der Waals surface area contributed by atoms with Crippen LogP contribution < -0.4 is 0 Å². The predicted molar refractivity (Wildman–Crippen MR) is 280 cm³/mol. The number of esters is 3. The van der Waals surface area contributed by atoms with Gasteiger partial charge in [-0.15, -0.1) is 0 Å². The molecular formula is C59H114O6. The van der Waals surface area contributed by atoms with Crippen LogP contribution in [0.5, 0.6) is 0 Å². The SMILES string of the molecule is CCCCCCCCCCCCCCCCCC(=O)O[C@H](COC(=O)CCCCCCCCCCCCCCCCCCCCC(C)CC)COC(=O)CCCCCCCCC(C)CC. The van der Waals surface area contributed by atoms with Crippen LogP contribution in [0, 0.1) is 11.8 Å². The Balaban J connectivity index is 4.20. The number of ether oxygens (including phenoxy) is 3. The first kappa shape index (κ1) is 63.4. The summed E-state index contributed by atoms with van der Waals surface area (Å²) in [5.74, 6) is 0.881. The second kappa shape index (κ2) is 51.8. The molecule has 0 aromatic heterocycles. The minimum Gasteiger partial charge on any atom is -0.462 e. The zero-order chi connectivity index (χ0) is 47.5. The highest BCUT2D eigenvalue weighted by Crippen LogP contribution is 2.19. The summed E-state index contributed by atoms with van der Waals surface area (Å²) in [7, 11) is 0. The fourth-order valence-corrected chi connectivity index (χ4v) is 8.99. The summed E-state index contributed by atoms with van der Waals surface area (Å²) in [6, 6.07) is 0. The van der Waals surface area contributed by atoms with E-state index in [1.165, 1.54) is 218 Å². The van der Waals surface area contributed by atoms with Gasteiger partial charge in [-0.1, -0.05) is 291 Å². The van der Waals surface area contributed by atoms with Gasteiger partial charge in [0.05, 0.1) is 0 Å². The molecule has 2 unspecified atom stereocenters. The third-order valence-corrected chi connectivity index (χ3v) is 14.2. The molecule has 0 aromatic carbocycles. The van der Waals surface area contributed by atoms with Crippen LogP contribution in [-0.2, 0) is 28.6 Å². The maximum atomic E-state index is 12.8. The van der Waals surface area contributed by atoms with Crippen LogP contribution in [0.3, 0.4) is 0 Å². The molecule has 0 saturated heterocycles. The Hall–Kier alpha value is -1.59. The topological polar surface area (TPSA) is 78.9 Å². The normalized spacial score (nSPS) is 12.9. The van der Waals surface area contributed by atoms with Crippen LogP contribution in [-0.4, -0.2) is 37.2 Å². The van der Waals surface area contributed by atoms with Crippen molar-refractivity contribution in [1.29, 1.82) is 0 Å². The third kappa shape index (κ3) is 50.1. The van der Waals surface area contributed by atoms with Gasteiger partial charge in [-0.2, -0.15) is 0 Å². The number of rotatable bonds is 53. The molecule has 0 aromatic rings. The molecule has 65 heavy (non-hydrogen) atoms. The Morgan fingerprint density at radius 1 is 0.308 bits per heavy atom. The van der Waals surface area contributed by atoms with Crippen LogP contribution in [0.15, 0.2) is 0 Å². The zero-order valence-corrected chi connectivity index (χ0v) is 44.6. The van der Waals surface area contributed by atoms with E-state index in [0.717, 1.165) is 69.6 Å². The lowest BCUT2D eigenvalue weighted by molar-refractivity contribution is -0.167. The van der Waals surface area contributed by atoms with Gasteiger partial charge in [0.25, 0.3) is 0 Å². The largest absolute Gasteiger partial charge is 0.462 e. The summed E-state index contributed by atoms with van der Waals surface area (Å²) < 4.78 is 16.9. The van der Waals surface area contributed by atoms with Crippen LogP contribution in [0.25, 0.3) is 0 Å². The van der Waals surface area contributed by atoms with E-state index < -0.39 is 6.10 Å². The molecule has 0 fully saturated rings. The summed E-state index contributed by atoms with van der Waals surface area (Å²) in [6.45, 7) is 11.4. The van der Waals surface area contributed by atoms with Crippen LogP contribution >= 0.6 is 0 Å². The van der Waals surface area contributed by atoms with E-state index in [4.69, 9.17) is 14.2 Å². The first-order chi connectivity index (χ1) is 31.8. The van der Waals surface area contributed by atoms with Crippen molar-refractivity contribution >= 4 is 17.9 Å². The highest BCUT2D eigenvalue weighted by Gasteiger charge is 2.19. The minimum absolute atomic E-state index is 0.0634. The Morgan fingerprint density at radius 3 is 0.800 bits per heavy atom. The van der Waals surface area contributed by atoms with Gasteiger partial charge in [-0.05, 0) is 31.1 Å². The highest BCUT2D eigenvalue weighted by atomic mass is 16.6. The van der Waals surface area contributed by atoms with Gasteiger partial charge >= 0.3 is 17.9 Å². The van der Waals surface area contributed by atoms with E-state index in [0.29, 0.717) is 19.3 Å². The number of unbranched alkanes of at least 4 members (excludes halogenated alkanes) is 36. The Labute approximate surface area is 406 Å². The molecule has 0 heterocycles. The molecule has 0 radical (unpaired) electrons. The standard InChI is InChI=1S/C59H114O6/c1-6-9-10-11-12-13-14-15-20-25-28-31-34-41-46-51-59(62)65-56(53-64-58(61)50-45-40-36-35-38-43-48-55(5)8-3)52-63-57(60)49-44-39-33-30-27-24-22-19-17-16-18-21-23-26-29-32-37-42-47-54(4)7-2/h54-56H,6-53H2,1-5H3/t54?,55?,56-/m1/s1. The van der Waals surface area contributed by atoms with E-state index in [9.17, 15) is 14.4 Å². The van der Waals surface area contributed by atoms with Crippen molar-refractivity contribution in [2.24, 2.45) is 11.8 Å². The summed E-state index contributed by atoms with van der Waals surface area (Å²) in [6.07, 6.45) is 55.3. The molecule has 0 aliphatic rings. The summed E-state index contributed by atoms with van der Waals surface area (Å²) in [4.78, 5) is 38.1. The van der Waals surface area contributed by atoms with Gasteiger partial charge in [-0.25, -0.2) is 0 Å². The molecule has 6 nitrogen and oxygen atoms in total. The van der Waals surface area contributed by atoms with Crippen molar-refractivity contribution in [3.05, 3.63) is 0 Å². The van der Waals surface area contributed by atoms with Crippen molar-refractivity contribution in [2.75, 3.05) is 13.2 Å². The lowest BCUT2D eigenvalue weighted by atomic mass is 9.99. The first-order valence-electron chi connectivity index (χ1n) is 29.3. The minimum atomic E-state index is -0.763. The van der Waals surface area contributed by atoms with E-state index in [2.05, 4.69) is 34.6 Å². The molecule has 0 aliphatic heterocycles. The number of hydrogen-bond acceptors (Lipinski definition) is 6. The number of carbonyl (C=O) groups is 3. The second-order valence-electron chi connectivity index (χ2n) is 20.8. The van der Waals surface area contributed by atoms with E-state index in [1.54, 1.807) is 0 Å². The fourth-order valence-electron chi connectivity index (χ4n) is 8.99. The van der Waals surface area contributed by atoms with Gasteiger partial charge in [0.1, 0.15) is 13.2 Å². The fraction of sp³-hybridized carbons (Fsp3) is 0.949. The molecule has 386 valence electrons. The quantitative estimate of drug-likeness (QED) is 0.0344. The summed E-state index contributed by atoms with van der Waals surface area (Å²) in [5, 5.41) is 0. The van der Waals surface area contributed by atoms with E-state index in [-0.39, 0.29) is 31.1 Å². The first-order valence-corrected chi connectivity index (χ1v) is 29.3. The Kier molecular flexibility index (Phi) is 50.5. The summed E-state index contributed by atoms with van der Waals surface area (Å²) in [5.41, 5.74) is 0. The van der Waals surface area contributed by atoms with Gasteiger partial charge in [0, 0.05) is 19.3 Å². The van der Waals surface area contributed by atoms with Crippen LogP contribution in [0.2, 0.25) is 0 Å². The van der Waals surface area contributed by atoms with Crippen molar-refractivity contribution in [1.82, 2.24) is 0 Å². The van der Waals surface area contributed by atoms with Gasteiger partial charge < -0.3 is 14.2 Å². The molecular weight excluding hydrogens is 805 g/mol. The molecule has 0 bridgehead atoms. The second-order valence-corrected chi connectivity index (χ2v) is 20.8. The van der Waals surface area contributed by atoms with Crippen LogP contribution in [0.1, 0.15) is 330 Å². The zero-order valence-electron chi connectivity index (χ0n) is 44.6. The van der Waals surface area contributed by atoms with Crippen LogP contribution in [0.4, 0.5) is 0 Å². The molecule has 3 atom stereocenters. The molecule has 0 spiro atoms. The average molecular weight is 920 g/mol. The molecule has 0 aliphatic carbocycles. The number of hydrogen-bond donors (Lipinski definition) is 0. The van der Waals surface area contributed by atoms with Crippen molar-refractivity contribution in [3.63, 3.8) is 0 Å². The van der Waals surface area contributed by atoms with Crippen molar-refractivity contribution in [3.8, 4) is 0 Å². The Bertz CT molecular complexity index is 997. The molecule has 6 heteroatoms. The maximum absolute atomic E-state index is 12.8. The average Bonchev–Trinajstić information content (AvgIpc) is 3.30. The molecule has 0 amide bonds. The van der Waals surface area contributed by atoms with Crippen molar-refractivity contribution in [2.45, 2.75) is 336 Å². The predicted octanol–water partition coefficient (Wildman–Crippen LogP) is 19.3. The molecule has 0 N–H and O–H groups in total. The van der Waals surface area contributed by atoms with E-state index >= 15 is 0 Å². The third-order valence-electron chi connectivity index (χ3n) is 14.2. The number of carbonyl (C=O) groups excluding carboxylic acids is 3. The van der Waals surface area contributed by atoms with E-state index in [1.807, 2.05) is 0 Å². The lowest BCUT2D eigenvalue weighted by Crippen LogP contribution is -2.30. The maximum Gasteiger partial charge on any atom is 0.306 e.